The Balaban J connectivity index is 1.97. The lowest BCUT2D eigenvalue weighted by atomic mass is 10.1. The van der Waals surface area contributed by atoms with Crippen LogP contribution in [0.25, 0.3) is 0 Å². The Bertz CT molecular complexity index is 863. The fourth-order valence-electron chi connectivity index (χ4n) is 2.42. The van der Waals surface area contributed by atoms with Crippen molar-refractivity contribution in [2.45, 2.75) is 19.9 Å². The molecule has 0 aromatic heterocycles. The van der Waals surface area contributed by atoms with Gasteiger partial charge in [0.15, 0.2) is 11.5 Å². The first-order valence-electron chi connectivity index (χ1n) is 8.79. The number of phenols is 1. The van der Waals surface area contributed by atoms with Gasteiger partial charge < -0.3 is 15.2 Å². The van der Waals surface area contributed by atoms with E-state index in [0.29, 0.717) is 29.9 Å². The second-order valence-corrected chi connectivity index (χ2v) is 5.82. The van der Waals surface area contributed by atoms with Gasteiger partial charge in [0.25, 0.3) is 0 Å². The SMILES string of the molecule is C=CCc1cc(/C=N/NC(=O)C(=O)NCc2ccccc2)cc(OCC)c1O. The van der Waals surface area contributed by atoms with Crippen molar-refractivity contribution >= 4 is 18.0 Å². The molecule has 0 fully saturated rings. The summed E-state index contributed by atoms with van der Waals surface area (Å²) in [5.74, 6) is -1.30. The summed E-state index contributed by atoms with van der Waals surface area (Å²) in [5, 5.41) is 16.5. The Hall–Kier alpha value is -3.61. The Morgan fingerprint density at radius 1 is 1.21 bits per heavy atom. The summed E-state index contributed by atoms with van der Waals surface area (Å²) >= 11 is 0. The van der Waals surface area contributed by atoms with Crippen LogP contribution in [0.15, 0.2) is 60.2 Å². The van der Waals surface area contributed by atoms with Crippen molar-refractivity contribution in [3.05, 3.63) is 71.8 Å². The van der Waals surface area contributed by atoms with Crippen LogP contribution in [0.5, 0.6) is 11.5 Å². The lowest BCUT2D eigenvalue weighted by Crippen LogP contribution is -2.37. The van der Waals surface area contributed by atoms with E-state index in [4.69, 9.17) is 4.74 Å². The molecule has 2 amide bonds. The van der Waals surface area contributed by atoms with Crippen LogP contribution < -0.4 is 15.5 Å². The molecular formula is C21H23N3O4. The zero-order chi connectivity index (χ0) is 20.4. The number of aromatic hydroxyl groups is 1. The molecule has 2 aromatic carbocycles. The lowest BCUT2D eigenvalue weighted by Gasteiger charge is -2.10. The van der Waals surface area contributed by atoms with Crippen molar-refractivity contribution in [1.29, 1.82) is 0 Å². The second kappa shape index (κ2) is 10.5. The van der Waals surface area contributed by atoms with Gasteiger partial charge >= 0.3 is 11.8 Å². The molecule has 7 nitrogen and oxygen atoms in total. The van der Waals surface area contributed by atoms with Crippen LogP contribution in [-0.4, -0.2) is 29.7 Å². The van der Waals surface area contributed by atoms with Gasteiger partial charge in [-0.25, -0.2) is 5.43 Å². The molecular weight excluding hydrogens is 358 g/mol. The number of carbonyl (C=O) groups excluding carboxylic acids is 2. The third kappa shape index (κ3) is 5.98. The van der Waals surface area contributed by atoms with Gasteiger partial charge in [-0.2, -0.15) is 5.10 Å². The predicted molar refractivity (Wildman–Crippen MR) is 107 cm³/mol. The summed E-state index contributed by atoms with van der Waals surface area (Å²) in [6.07, 6.45) is 3.48. The maximum absolute atomic E-state index is 11.8. The number of amides is 2. The molecule has 0 bridgehead atoms. The maximum Gasteiger partial charge on any atom is 0.329 e. The molecule has 7 heteroatoms. The number of carbonyl (C=O) groups is 2. The highest BCUT2D eigenvalue weighted by Crippen LogP contribution is 2.31. The van der Waals surface area contributed by atoms with Crippen molar-refractivity contribution < 1.29 is 19.4 Å². The minimum absolute atomic E-state index is 0.0447. The molecule has 0 radical (unpaired) electrons. The van der Waals surface area contributed by atoms with Gasteiger partial charge in [0.1, 0.15) is 0 Å². The largest absolute Gasteiger partial charge is 0.504 e. The zero-order valence-corrected chi connectivity index (χ0v) is 15.6. The maximum atomic E-state index is 11.8. The molecule has 28 heavy (non-hydrogen) atoms. The number of phenolic OH excluding ortho intramolecular Hbond substituents is 1. The predicted octanol–water partition coefficient (Wildman–Crippen LogP) is 2.29. The summed E-state index contributed by atoms with van der Waals surface area (Å²) in [5.41, 5.74) is 4.28. The van der Waals surface area contributed by atoms with Gasteiger partial charge in [0.2, 0.25) is 0 Å². The standard InChI is InChI=1S/C21H23N3O4/c1-3-8-17-11-16(12-18(19(17)25)28-4-2)14-23-24-21(27)20(26)22-13-15-9-6-5-7-10-15/h3,5-7,9-12,14,25H,1,4,8,13H2,2H3,(H,22,26)(H,24,27)/b23-14+. The molecule has 0 spiro atoms. The van der Waals surface area contributed by atoms with Crippen molar-refractivity contribution in [3.63, 3.8) is 0 Å². The van der Waals surface area contributed by atoms with Crippen LogP contribution in [0.1, 0.15) is 23.6 Å². The van der Waals surface area contributed by atoms with Crippen molar-refractivity contribution in [3.8, 4) is 11.5 Å². The van der Waals surface area contributed by atoms with Crippen LogP contribution in [0, 0.1) is 0 Å². The number of ether oxygens (including phenoxy) is 1. The summed E-state index contributed by atoms with van der Waals surface area (Å²) in [6.45, 7) is 6.10. The highest BCUT2D eigenvalue weighted by Gasteiger charge is 2.12. The molecule has 0 atom stereocenters. The topological polar surface area (TPSA) is 100 Å². The van der Waals surface area contributed by atoms with Crippen LogP contribution in [0.3, 0.4) is 0 Å². The molecule has 0 heterocycles. The van der Waals surface area contributed by atoms with Gasteiger partial charge in [0.05, 0.1) is 12.8 Å². The number of hydrogen-bond donors (Lipinski definition) is 3. The van der Waals surface area contributed by atoms with E-state index in [1.807, 2.05) is 37.3 Å². The molecule has 0 aliphatic rings. The van der Waals surface area contributed by atoms with Crippen molar-refractivity contribution in [2.24, 2.45) is 5.10 Å². The average molecular weight is 381 g/mol. The van der Waals surface area contributed by atoms with Crippen LogP contribution in [0.2, 0.25) is 0 Å². The molecule has 0 aliphatic carbocycles. The second-order valence-electron chi connectivity index (χ2n) is 5.82. The zero-order valence-electron chi connectivity index (χ0n) is 15.6. The van der Waals surface area contributed by atoms with Crippen molar-refractivity contribution in [1.82, 2.24) is 10.7 Å². The third-order valence-electron chi connectivity index (χ3n) is 3.72. The molecule has 0 unspecified atom stereocenters. The number of benzene rings is 2. The van der Waals surface area contributed by atoms with Crippen molar-refractivity contribution in [2.75, 3.05) is 6.61 Å². The quantitative estimate of drug-likeness (QED) is 0.283. The Morgan fingerprint density at radius 3 is 2.64 bits per heavy atom. The van der Waals surface area contributed by atoms with E-state index in [9.17, 15) is 14.7 Å². The van der Waals surface area contributed by atoms with Gasteiger partial charge in [-0.15, -0.1) is 6.58 Å². The van der Waals surface area contributed by atoms with E-state index in [-0.39, 0.29) is 12.3 Å². The van der Waals surface area contributed by atoms with E-state index in [0.717, 1.165) is 5.56 Å². The normalized spacial score (nSPS) is 10.5. The molecule has 0 saturated carbocycles. The summed E-state index contributed by atoms with van der Waals surface area (Å²) < 4.78 is 5.41. The van der Waals surface area contributed by atoms with Crippen LogP contribution in [0.4, 0.5) is 0 Å². The van der Waals surface area contributed by atoms with E-state index in [2.05, 4.69) is 22.4 Å². The number of rotatable bonds is 8. The first-order valence-corrected chi connectivity index (χ1v) is 8.79. The molecule has 0 saturated heterocycles. The average Bonchev–Trinajstić information content (AvgIpc) is 2.70. The number of allylic oxidation sites excluding steroid dienone is 1. The molecule has 2 aromatic rings. The molecule has 3 N–H and O–H groups in total. The lowest BCUT2D eigenvalue weighted by molar-refractivity contribution is -0.139. The smallest absolute Gasteiger partial charge is 0.329 e. The molecule has 146 valence electrons. The third-order valence-corrected chi connectivity index (χ3v) is 3.72. The molecule has 0 aliphatic heterocycles. The summed E-state index contributed by atoms with van der Waals surface area (Å²) in [4.78, 5) is 23.7. The Labute approximate surface area is 163 Å². The fourth-order valence-corrected chi connectivity index (χ4v) is 2.42. The monoisotopic (exact) mass is 381 g/mol. The van der Waals surface area contributed by atoms with Crippen LogP contribution in [-0.2, 0) is 22.6 Å². The number of nitrogens with one attached hydrogen (secondary N) is 2. The van der Waals surface area contributed by atoms with E-state index < -0.39 is 11.8 Å². The van der Waals surface area contributed by atoms with Gasteiger partial charge in [-0.05, 0) is 36.6 Å². The first kappa shape index (κ1) is 20.7. The van der Waals surface area contributed by atoms with Gasteiger partial charge in [-0.1, -0.05) is 36.4 Å². The fraction of sp³-hybridized carbons (Fsp3) is 0.190. The highest BCUT2D eigenvalue weighted by molar-refractivity contribution is 6.35. The number of hydrazone groups is 1. The van der Waals surface area contributed by atoms with Gasteiger partial charge in [0, 0.05) is 12.1 Å². The van der Waals surface area contributed by atoms with Crippen LogP contribution >= 0.6 is 0 Å². The highest BCUT2D eigenvalue weighted by atomic mass is 16.5. The van der Waals surface area contributed by atoms with Gasteiger partial charge in [-0.3, -0.25) is 9.59 Å². The first-order chi connectivity index (χ1) is 13.5. The summed E-state index contributed by atoms with van der Waals surface area (Å²) in [7, 11) is 0. The summed E-state index contributed by atoms with van der Waals surface area (Å²) in [6, 6.07) is 12.5. The minimum atomic E-state index is -0.873. The Morgan fingerprint density at radius 2 is 1.96 bits per heavy atom. The molecule has 2 rings (SSSR count). The number of nitrogens with zero attached hydrogens (tertiary/aromatic N) is 1. The Kier molecular flexibility index (Phi) is 7.77. The minimum Gasteiger partial charge on any atom is -0.504 e. The van der Waals surface area contributed by atoms with E-state index in [1.165, 1.54) is 6.21 Å². The van der Waals surface area contributed by atoms with E-state index in [1.54, 1.807) is 18.2 Å². The number of hydrogen-bond acceptors (Lipinski definition) is 5. The van der Waals surface area contributed by atoms with E-state index >= 15 is 0 Å².